The second-order valence-electron chi connectivity index (χ2n) is 4.28. The number of anilines is 1. The zero-order valence-electron chi connectivity index (χ0n) is 10.9. The molecule has 2 N–H and O–H groups in total. The molecule has 0 saturated heterocycles. The van der Waals surface area contributed by atoms with Crippen LogP contribution in [0.2, 0.25) is 0 Å². The van der Waals surface area contributed by atoms with E-state index in [4.69, 9.17) is 0 Å². The molecule has 0 aliphatic heterocycles. The average Bonchev–Trinajstić information content (AvgIpc) is 2.53. The second-order valence-corrected chi connectivity index (χ2v) is 4.28. The molecule has 0 aliphatic carbocycles. The Morgan fingerprint density at radius 3 is 2.65 bits per heavy atom. The lowest BCUT2D eigenvalue weighted by Crippen LogP contribution is -2.21. The van der Waals surface area contributed by atoms with Crippen molar-refractivity contribution in [1.29, 1.82) is 0 Å². The summed E-state index contributed by atoms with van der Waals surface area (Å²) in [6.45, 7) is 5.93. The van der Waals surface area contributed by atoms with Gasteiger partial charge < -0.3 is 10.4 Å². The summed E-state index contributed by atoms with van der Waals surface area (Å²) in [4.78, 5) is 11.2. The minimum Gasteiger partial charge on any atom is -0.477 e. The quantitative estimate of drug-likeness (QED) is 0.800. The lowest BCUT2D eigenvalue weighted by atomic mass is 10.1. The summed E-state index contributed by atoms with van der Waals surface area (Å²) in [5.74, 6) is -0.320. The zero-order valence-corrected chi connectivity index (χ0v) is 10.9. The average molecular weight is 239 g/mol. The molecule has 0 bridgehead atoms. The molecule has 17 heavy (non-hydrogen) atoms. The number of carbonyl (C=O) groups is 1. The largest absolute Gasteiger partial charge is 0.477 e. The summed E-state index contributed by atoms with van der Waals surface area (Å²) in [5.41, 5.74) is 0.830. The third kappa shape index (κ3) is 2.99. The lowest BCUT2D eigenvalue weighted by molar-refractivity contribution is 0.0697. The van der Waals surface area contributed by atoms with Crippen molar-refractivity contribution >= 4 is 11.8 Å². The summed E-state index contributed by atoms with van der Waals surface area (Å²) in [6, 6.07) is 0.299. The van der Waals surface area contributed by atoms with E-state index < -0.39 is 5.97 Å². The molecule has 0 spiro atoms. The molecule has 1 aromatic rings. The van der Waals surface area contributed by atoms with Gasteiger partial charge in [-0.3, -0.25) is 4.68 Å². The highest BCUT2D eigenvalue weighted by Gasteiger charge is 2.21. The van der Waals surface area contributed by atoms with E-state index in [1.807, 2.05) is 0 Å². The number of aryl methyl sites for hydroxylation is 2. The van der Waals surface area contributed by atoms with Crippen molar-refractivity contribution in [1.82, 2.24) is 9.78 Å². The van der Waals surface area contributed by atoms with E-state index in [0.717, 1.165) is 19.3 Å². The molecule has 5 heteroatoms. The number of carboxylic acids is 1. The highest BCUT2D eigenvalue weighted by atomic mass is 16.4. The molecular weight excluding hydrogens is 218 g/mol. The lowest BCUT2D eigenvalue weighted by Gasteiger charge is -2.18. The Kier molecular flexibility index (Phi) is 4.54. The van der Waals surface area contributed by atoms with Crippen molar-refractivity contribution in [3.8, 4) is 0 Å². The molecule has 0 aliphatic rings. The van der Waals surface area contributed by atoms with Gasteiger partial charge in [0.15, 0.2) is 0 Å². The van der Waals surface area contributed by atoms with E-state index in [2.05, 4.69) is 24.3 Å². The fourth-order valence-corrected chi connectivity index (χ4v) is 2.00. The molecule has 0 radical (unpaired) electrons. The molecule has 96 valence electrons. The Morgan fingerprint density at radius 2 is 2.18 bits per heavy atom. The molecule has 0 aromatic carbocycles. The van der Waals surface area contributed by atoms with Crippen LogP contribution >= 0.6 is 0 Å². The van der Waals surface area contributed by atoms with Crippen LogP contribution in [0.25, 0.3) is 0 Å². The van der Waals surface area contributed by atoms with Crippen LogP contribution in [0.4, 0.5) is 5.82 Å². The summed E-state index contributed by atoms with van der Waals surface area (Å²) in [7, 11) is 1.76. The topological polar surface area (TPSA) is 67.2 Å². The maximum Gasteiger partial charge on any atom is 0.341 e. The van der Waals surface area contributed by atoms with Crippen molar-refractivity contribution in [3.05, 3.63) is 11.3 Å². The highest BCUT2D eigenvalue weighted by Crippen LogP contribution is 2.21. The molecule has 1 aromatic heterocycles. The maximum absolute atomic E-state index is 11.2. The fourth-order valence-electron chi connectivity index (χ4n) is 2.00. The first-order valence-electron chi connectivity index (χ1n) is 6.04. The van der Waals surface area contributed by atoms with Gasteiger partial charge in [-0.1, -0.05) is 20.3 Å². The molecule has 1 atom stereocenters. The number of carboxylic acid groups (broad SMARTS) is 1. The number of nitrogens with zero attached hydrogens (tertiary/aromatic N) is 2. The van der Waals surface area contributed by atoms with Crippen LogP contribution in [0, 0.1) is 6.92 Å². The molecule has 1 rings (SSSR count). The van der Waals surface area contributed by atoms with E-state index in [1.54, 1.807) is 18.7 Å². The van der Waals surface area contributed by atoms with Gasteiger partial charge >= 0.3 is 5.97 Å². The SMILES string of the molecule is CCCC(CC)Nc1c(C(=O)O)c(C)nn1C. The van der Waals surface area contributed by atoms with Crippen molar-refractivity contribution in [2.45, 2.75) is 46.1 Å². The third-order valence-electron chi connectivity index (χ3n) is 2.91. The summed E-state index contributed by atoms with van der Waals surface area (Å²) in [6.07, 6.45) is 3.07. The number of aromatic carboxylic acids is 1. The van der Waals surface area contributed by atoms with Crippen LogP contribution in [0.15, 0.2) is 0 Å². The zero-order chi connectivity index (χ0) is 13.0. The van der Waals surface area contributed by atoms with E-state index in [0.29, 0.717) is 17.6 Å². The van der Waals surface area contributed by atoms with E-state index >= 15 is 0 Å². The number of rotatable bonds is 6. The monoisotopic (exact) mass is 239 g/mol. The van der Waals surface area contributed by atoms with Crippen molar-refractivity contribution < 1.29 is 9.90 Å². The predicted molar refractivity (Wildman–Crippen MR) is 67.5 cm³/mol. The first-order valence-corrected chi connectivity index (χ1v) is 6.04. The molecule has 0 amide bonds. The van der Waals surface area contributed by atoms with Gasteiger partial charge in [0.1, 0.15) is 11.4 Å². The Morgan fingerprint density at radius 1 is 1.53 bits per heavy atom. The number of hydrogen-bond donors (Lipinski definition) is 2. The first kappa shape index (κ1) is 13.5. The van der Waals surface area contributed by atoms with Crippen LogP contribution < -0.4 is 5.32 Å². The fraction of sp³-hybridized carbons (Fsp3) is 0.667. The minimum absolute atomic E-state index is 0.280. The molecule has 0 fully saturated rings. The van der Waals surface area contributed by atoms with Crippen LogP contribution in [0.3, 0.4) is 0 Å². The standard InChI is InChI=1S/C12H21N3O2/c1-5-7-9(6-2)13-11-10(12(16)17)8(3)14-15(11)4/h9,13H,5-7H2,1-4H3,(H,16,17). The number of aromatic nitrogens is 2. The Hall–Kier alpha value is -1.52. The van der Waals surface area contributed by atoms with E-state index in [1.165, 1.54) is 0 Å². The Balaban J connectivity index is 3.00. The van der Waals surface area contributed by atoms with Crippen LogP contribution in [0.1, 0.15) is 49.2 Å². The number of hydrogen-bond acceptors (Lipinski definition) is 3. The predicted octanol–water partition coefficient (Wildman–Crippen LogP) is 2.42. The Bertz CT molecular complexity index is 399. The smallest absolute Gasteiger partial charge is 0.341 e. The maximum atomic E-state index is 11.2. The van der Waals surface area contributed by atoms with E-state index in [9.17, 15) is 9.90 Å². The molecule has 1 heterocycles. The summed E-state index contributed by atoms with van der Waals surface area (Å²) >= 11 is 0. The molecule has 0 saturated carbocycles. The van der Waals surface area contributed by atoms with Gasteiger partial charge in [-0.2, -0.15) is 5.10 Å². The third-order valence-corrected chi connectivity index (χ3v) is 2.91. The van der Waals surface area contributed by atoms with Gasteiger partial charge in [0.05, 0.1) is 5.69 Å². The van der Waals surface area contributed by atoms with Gasteiger partial charge in [0.2, 0.25) is 0 Å². The molecule has 5 nitrogen and oxygen atoms in total. The molecular formula is C12H21N3O2. The molecule has 1 unspecified atom stereocenters. The van der Waals surface area contributed by atoms with Gasteiger partial charge in [-0.25, -0.2) is 4.79 Å². The van der Waals surface area contributed by atoms with Gasteiger partial charge in [-0.05, 0) is 19.8 Å². The van der Waals surface area contributed by atoms with Crippen molar-refractivity contribution in [2.75, 3.05) is 5.32 Å². The van der Waals surface area contributed by atoms with Gasteiger partial charge in [0, 0.05) is 13.1 Å². The van der Waals surface area contributed by atoms with Gasteiger partial charge in [0.25, 0.3) is 0 Å². The summed E-state index contributed by atoms with van der Waals surface area (Å²) < 4.78 is 1.61. The number of nitrogens with one attached hydrogen (secondary N) is 1. The van der Waals surface area contributed by atoms with Crippen molar-refractivity contribution in [3.63, 3.8) is 0 Å². The van der Waals surface area contributed by atoms with Crippen molar-refractivity contribution in [2.24, 2.45) is 7.05 Å². The van der Waals surface area contributed by atoms with Crippen LogP contribution in [0.5, 0.6) is 0 Å². The summed E-state index contributed by atoms with van der Waals surface area (Å²) in [5, 5.41) is 16.6. The highest BCUT2D eigenvalue weighted by molar-refractivity contribution is 5.94. The first-order chi connectivity index (χ1) is 8.01. The van der Waals surface area contributed by atoms with Gasteiger partial charge in [-0.15, -0.1) is 0 Å². The Labute approximate surface area is 102 Å². The second kappa shape index (κ2) is 5.70. The normalized spacial score (nSPS) is 12.5. The minimum atomic E-state index is -0.926. The van der Waals surface area contributed by atoms with E-state index in [-0.39, 0.29) is 5.56 Å². The van der Waals surface area contributed by atoms with Crippen LogP contribution in [-0.2, 0) is 7.05 Å². The van der Waals surface area contributed by atoms with Crippen LogP contribution in [-0.4, -0.2) is 26.9 Å².